The Kier molecular flexibility index (Phi) is 4.28. The maximum atomic E-state index is 5.91. The van der Waals surface area contributed by atoms with Gasteiger partial charge in [-0.3, -0.25) is 4.90 Å². The molecule has 0 saturated carbocycles. The zero-order chi connectivity index (χ0) is 12.3. The number of hydrogen-bond acceptors (Lipinski definition) is 3. The summed E-state index contributed by atoms with van der Waals surface area (Å²) >= 11 is 5.91. The van der Waals surface area contributed by atoms with Crippen LogP contribution in [-0.2, 0) is 6.54 Å². The number of aryl methyl sites for hydroxylation is 1. The molecule has 1 rings (SSSR count). The molecule has 1 heterocycles. The van der Waals surface area contributed by atoms with E-state index in [4.69, 9.17) is 11.6 Å². The maximum Gasteiger partial charge on any atom is 0.144 e. The van der Waals surface area contributed by atoms with Crippen LogP contribution in [0.4, 0.5) is 0 Å². The molecule has 0 aliphatic carbocycles. The van der Waals surface area contributed by atoms with Gasteiger partial charge in [0.1, 0.15) is 11.0 Å². The molecule has 0 spiro atoms. The van der Waals surface area contributed by atoms with Crippen LogP contribution in [0.3, 0.4) is 0 Å². The number of aromatic nitrogens is 2. The van der Waals surface area contributed by atoms with Crippen molar-refractivity contribution in [3.8, 4) is 0 Å². The van der Waals surface area contributed by atoms with E-state index >= 15 is 0 Å². The number of rotatable bonds is 4. The lowest BCUT2D eigenvalue weighted by atomic mass is 10.0. The summed E-state index contributed by atoms with van der Waals surface area (Å²) in [6, 6.07) is 1.77. The third kappa shape index (κ3) is 3.42. The van der Waals surface area contributed by atoms with E-state index in [2.05, 4.69) is 42.7 Å². The summed E-state index contributed by atoms with van der Waals surface area (Å²) in [6.45, 7) is 9.26. The van der Waals surface area contributed by atoms with Gasteiger partial charge in [-0.15, -0.1) is 0 Å². The number of nitrogens with zero attached hydrogens (tertiary/aromatic N) is 3. The molecule has 0 atom stereocenters. The van der Waals surface area contributed by atoms with Crippen LogP contribution >= 0.6 is 11.6 Å². The van der Waals surface area contributed by atoms with Gasteiger partial charge in [-0.25, -0.2) is 9.97 Å². The Balaban J connectivity index is 2.80. The fourth-order valence-electron chi connectivity index (χ4n) is 1.36. The maximum absolute atomic E-state index is 5.91. The van der Waals surface area contributed by atoms with Gasteiger partial charge in [0, 0.05) is 11.2 Å². The third-order valence-electron chi connectivity index (χ3n) is 3.15. The van der Waals surface area contributed by atoms with Crippen LogP contribution in [0.25, 0.3) is 0 Å². The Morgan fingerprint density at radius 1 is 1.38 bits per heavy atom. The quantitative estimate of drug-likeness (QED) is 0.759. The summed E-state index contributed by atoms with van der Waals surface area (Å²) in [5.41, 5.74) is 1.07. The van der Waals surface area contributed by atoms with Gasteiger partial charge in [-0.1, -0.05) is 18.5 Å². The lowest BCUT2D eigenvalue weighted by Gasteiger charge is -2.34. The largest absolute Gasteiger partial charge is 0.294 e. The minimum absolute atomic E-state index is 0.152. The fraction of sp³-hybridized carbons (Fsp3) is 0.667. The first kappa shape index (κ1) is 13.4. The number of hydrogen-bond donors (Lipinski definition) is 0. The average Bonchev–Trinajstić information content (AvgIpc) is 2.15. The van der Waals surface area contributed by atoms with Crippen LogP contribution in [0.1, 0.15) is 38.7 Å². The van der Waals surface area contributed by atoms with Crippen LogP contribution in [0.5, 0.6) is 0 Å². The van der Waals surface area contributed by atoms with Crippen molar-refractivity contribution < 1.29 is 0 Å². The van der Waals surface area contributed by atoms with Crippen LogP contribution in [0.2, 0.25) is 5.15 Å². The van der Waals surface area contributed by atoms with Gasteiger partial charge in [0.15, 0.2) is 0 Å². The predicted octanol–water partition coefficient (Wildman–Crippen LogP) is 3.06. The molecular weight excluding hydrogens is 222 g/mol. The molecule has 0 radical (unpaired) electrons. The van der Waals surface area contributed by atoms with E-state index in [1.54, 1.807) is 6.07 Å². The minimum atomic E-state index is 0.152. The van der Waals surface area contributed by atoms with Crippen molar-refractivity contribution in [2.75, 3.05) is 7.05 Å². The van der Waals surface area contributed by atoms with Crippen LogP contribution in [0.15, 0.2) is 6.07 Å². The van der Waals surface area contributed by atoms with Crippen molar-refractivity contribution in [2.45, 2.75) is 46.2 Å². The molecule has 16 heavy (non-hydrogen) atoms. The van der Waals surface area contributed by atoms with Gasteiger partial charge in [0.05, 0.1) is 6.54 Å². The van der Waals surface area contributed by atoms with Crippen LogP contribution < -0.4 is 0 Å². The molecule has 1 aromatic rings. The van der Waals surface area contributed by atoms with E-state index in [0.717, 1.165) is 24.5 Å². The molecule has 0 N–H and O–H groups in total. The summed E-state index contributed by atoms with van der Waals surface area (Å²) < 4.78 is 0. The van der Waals surface area contributed by atoms with E-state index in [-0.39, 0.29) is 5.54 Å². The standard InChI is InChI=1S/C12H20ClN3/c1-6-12(3,4)16(5)8-11-14-9(2)7-10(13)15-11/h7H,6,8H2,1-5H3. The van der Waals surface area contributed by atoms with Crippen LogP contribution in [-0.4, -0.2) is 27.5 Å². The van der Waals surface area contributed by atoms with E-state index < -0.39 is 0 Å². The van der Waals surface area contributed by atoms with Crippen molar-refractivity contribution in [3.05, 3.63) is 22.7 Å². The first-order chi connectivity index (χ1) is 7.35. The highest BCUT2D eigenvalue weighted by molar-refractivity contribution is 6.29. The van der Waals surface area contributed by atoms with E-state index in [1.165, 1.54) is 0 Å². The fourth-order valence-corrected chi connectivity index (χ4v) is 1.61. The zero-order valence-electron chi connectivity index (χ0n) is 10.7. The Labute approximate surface area is 103 Å². The Morgan fingerprint density at radius 2 is 2.00 bits per heavy atom. The first-order valence-electron chi connectivity index (χ1n) is 5.56. The normalized spacial score (nSPS) is 12.2. The number of halogens is 1. The summed E-state index contributed by atoms with van der Waals surface area (Å²) in [6.07, 6.45) is 1.09. The van der Waals surface area contributed by atoms with E-state index in [1.807, 2.05) is 6.92 Å². The van der Waals surface area contributed by atoms with Crippen LogP contribution in [0, 0.1) is 6.92 Å². The second-order valence-electron chi connectivity index (χ2n) is 4.77. The van der Waals surface area contributed by atoms with Gasteiger partial charge in [-0.2, -0.15) is 0 Å². The highest BCUT2D eigenvalue weighted by atomic mass is 35.5. The summed E-state index contributed by atoms with van der Waals surface area (Å²) in [7, 11) is 2.09. The molecule has 0 amide bonds. The van der Waals surface area contributed by atoms with Gasteiger partial charge in [-0.05, 0) is 40.3 Å². The highest BCUT2D eigenvalue weighted by Gasteiger charge is 2.21. The van der Waals surface area contributed by atoms with Crippen molar-refractivity contribution >= 4 is 11.6 Å². The van der Waals surface area contributed by atoms with Crippen molar-refractivity contribution in [3.63, 3.8) is 0 Å². The smallest absolute Gasteiger partial charge is 0.144 e. The van der Waals surface area contributed by atoms with Gasteiger partial charge in [0.2, 0.25) is 0 Å². The second kappa shape index (κ2) is 5.11. The average molecular weight is 242 g/mol. The molecule has 1 aromatic heterocycles. The predicted molar refractivity (Wildman–Crippen MR) is 67.6 cm³/mol. The monoisotopic (exact) mass is 241 g/mol. The minimum Gasteiger partial charge on any atom is -0.294 e. The zero-order valence-corrected chi connectivity index (χ0v) is 11.5. The molecule has 3 nitrogen and oxygen atoms in total. The van der Waals surface area contributed by atoms with E-state index in [9.17, 15) is 0 Å². The first-order valence-corrected chi connectivity index (χ1v) is 5.94. The van der Waals surface area contributed by atoms with Gasteiger partial charge < -0.3 is 0 Å². The summed E-state index contributed by atoms with van der Waals surface area (Å²) in [5, 5.41) is 0.519. The lowest BCUT2D eigenvalue weighted by Crippen LogP contribution is -2.40. The Hall–Kier alpha value is -0.670. The molecule has 4 heteroatoms. The molecule has 0 saturated heterocycles. The lowest BCUT2D eigenvalue weighted by molar-refractivity contribution is 0.139. The molecule has 90 valence electrons. The van der Waals surface area contributed by atoms with E-state index in [0.29, 0.717) is 5.15 Å². The van der Waals surface area contributed by atoms with Gasteiger partial charge >= 0.3 is 0 Å². The SMILES string of the molecule is CCC(C)(C)N(C)Cc1nc(C)cc(Cl)n1. The molecule has 0 aromatic carbocycles. The van der Waals surface area contributed by atoms with Gasteiger partial charge in [0.25, 0.3) is 0 Å². The summed E-state index contributed by atoms with van der Waals surface area (Å²) in [4.78, 5) is 10.9. The molecule has 0 aliphatic heterocycles. The topological polar surface area (TPSA) is 29.0 Å². The molecule has 0 fully saturated rings. The molecule has 0 bridgehead atoms. The third-order valence-corrected chi connectivity index (χ3v) is 3.34. The summed E-state index contributed by atoms with van der Waals surface area (Å²) in [5.74, 6) is 0.786. The Bertz CT molecular complexity index is 343. The van der Waals surface area contributed by atoms with Crippen molar-refractivity contribution in [1.29, 1.82) is 0 Å². The Morgan fingerprint density at radius 3 is 2.50 bits per heavy atom. The second-order valence-corrected chi connectivity index (χ2v) is 5.16. The van der Waals surface area contributed by atoms with Crippen molar-refractivity contribution in [1.82, 2.24) is 14.9 Å². The molecule has 0 unspecified atom stereocenters. The highest BCUT2D eigenvalue weighted by Crippen LogP contribution is 2.18. The molecule has 0 aliphatic rings. The van der Waals surface area contributed by atoms with Crippen molar-refractivity contribution in [2.24, 2.45) is 0 Å². The molecular formula is C12H20ClN3.